The van der Waals surface area contributed by atoms with Crippen molar-refractivity contribution >= 4 is 23.2 Å². The van der Waals surface area contributed by atoms with E-state index in [2.05, 4.69) is 5.32 Å². The van der Waals surface area contributed by atoms with E-state index in [-0.39, 0.29) is 24.4 Å². The van der Waals surface area contributed by atoms with E-state index in [1.165, 1.54) is 18.4 Å². The number of benzene rings is 1. The predicted octanol–water partition coefficient (Wildman–Crippen LogP) is 3.71. The van der Waals surface area contributed by atoms with Crippen molar-refractivity contribution in [1.29, 1.82) is 0 Å². The molecule has 0 aliphatic carbocycles. The minimum absolute atomic E-state index is 0.100. The van der Waals surface area contributed by atoms with E-state index in [1.807, 2.05) is 43.5 Å². The zero-order chi connectivity index (χ0) is 18.2. The smallest absolute Gasteiger partial charge is 0.307 e. The molecule has 1 heterocycles. The van der Waals surface area contributed by atoms with Crippen LogP contribution in [-0.2, 0) is 20.9 Å². The van der Waals surface area contributed by atoms with Gasteiger partial charge in [-0.25, -0.2) is 0 Å². The Balaban J connectivity index is 2.03. The van der Waals surface area contributed by atoms with Crippen LogP contribution < -0.4 is 5.32 Å². The summed E-state index contributed by atoms with van der Waals surface area (Å²) in [5, 5.41) is 4.82. The highest BCUT2D eigenvalue weighted by atomic mass is 32.1. The van der Waals surface area contributed by atoms with E-state index in [1.54, 1.807) is 12.1 Å². The standard InChI is InChI=1S/C19H23NO4S/c1-13(2)24-12-14-6-8-15(9-7-14)19(22)20-16(11-18(21)23-3)17-5-4-10-25-17/h4-10,13,16H,11-12H2,1-3H3,(H,20,22)/t16-/m0/s1. The minimum atomic E-state index is -0.399. The van der Waals surface area contributed by atoms with Crippen molar-refractivity contribution in [3.63, 3.8) is 0 Å². The Morgan fingerprint density at radius 1 is 1.16 bits per heavy atom. The Morgan fingerprint density at radius 2 is 1.88 bits per heavy atom. The summed E-state index contributed by atoms with van der Waals surface area (Å²) >= 11 is 1.49. The molecule has 0 saturated carbocycles. The molecule has 0 radical (unpaired) electrons. The van der Waals surface area contributed by atoms with Gasteiger partial charge >= 0.3 is 5.97 Å². The molecule has 1 aromatic carbocycles. The first-order valence-corrected chi connectivity index (χ1v) is 8.99. The number of thiophene rings is 1. The summed E-state index contributed by atoms with van der Waals surface area (Å²) in [6.07, 6.45) is 0.260. The number of hydrogen-bond acceptors (Lipinski definition) is 5. The molecule has 1 atom stereocenters. The van der Waals surface area contributed by atoms with E-state index in [0.29, 0.717) is 12.2 Å². The number of ether oxygens (including phenoxy) is 2. The van der Waals surface area contributed by atoms with Crippen LogP contribution in [0.25, 0.3) is 0 Å². The Morgan fingerprint density at radius 3 is 2.44 bits per heavy atom. The summed E-state index contributed by atoms with van der Waals surface area (Å²) in [7, 11) is 1.34. The van der Waals surface area contributed by atoms with E-state index in [4.69, 9.17) is 9.47 Å². The molecule has 1 N–H and O–H groups in total. The predicted molar refractivity (Wildman–Crippen MR) is 97.5 cm³/mol. The average molecular weight is 361 g/mol. The topological polar surface area (TPSA) is 64.6 Å². The van der Waals surface area contributed by atoms with Crippen molar-refractivity contribution in [1.82, 2.24) is 5.32 Å². The Labute approximate surface area is 152 Å². The zero-order valence-electron chi connectivity index (χ0n) is 14.7. The largest absolute Gasteiger partial charge is 0.469 e. The Bertz CT molecular complexity index is 680. The van der Waals surface area contributed by atoms with Gasteiger partial charge in [0.25, 0.3) is 5.91 Å². The molecular formula is C19H23NO4S. The highest BCUT2D eigenvalue weighted by Gasteiger charge is 2.20. The summed E-state index contributed by atoms with van der Waals surface area (Å²) in [6.45, 7) is 4.47. The molecule has 5 nitrogen and oxygen atoms in total. The maximum atomic E-state index is 12.5. The summed E-state index contributed by atoms with van der Waals surface area (Å²) in [5.74, 6) is -0.585. The number of amides is 1. The highest BCUT2D eigenvalue weighted by Crippen LogP contribution is 2.23. The zero-order valence-corrected chi connectivity index (χ0v) is 15.5. The maximum Gasteiger partial charge on any atom is 0.307 e. The van der Waals surface area contributed by atoms with Gasteiger partial charge in [0, 0.05) is 10.4 Å². The Kier molecular flexibility index (Phi) is 7.16. The van der Waals surface area contributed by atoms with Crippen LogP contribution in [0, 0.1) is 0 Å². The van der Waals surface area contributed by atoms with E-state index in [0.717, 1.165) is 10.4 Å². The fraction of sp³-hybridized carbons (Fsp3) is 0.368. The molecule has 1 aromatic heterocycles. The van der Waals surface area contributed by atoms with Crippen molar-refractivity contribution in [2.24, 2.45) is 0 Å². The van der Waals surface area contributed by atoms with Crippen LogP contribution >= 0.6 is 11.3 Å². The van der Waals surface area contributed by atoms with Crippen molar-refractivity contribution in [2.45, 2.75) is 39.0 Å². The summed E-state index contributed by atoms with van der Waals surface area (Å²) in [5.41, 5.74) is 1.55. The quantitative estimate of drug-likeness (QED) is 0.728. The lowest BCUT2D eigenvalue weighted by Crippen LogP contribution is -2.30. The molecule has 134 valence electrons. The fourth-order valence-corrected chi connectivity index (χ4v) is 3.00. The van der Waals surface area contributed by atoms with Crippen molar-refractivity contribution in [3.8, 4) is 0 Å². The first kappa shape index (κ1) is 19.1. The molecule has 6 heteroatoms. The van der Waals surface area contributed by atoms with Gasteiger partial charge in [-0.3, -0.25) is 9.59 Å². The van der Waals surface area contributed by atoms with Gasteiger partial charge in [-0.1, -0.05) is 18.2 Å². The van der Waals surface area contributed by atoms with Crippen molar-refractivity contribution in [2.75, 3.05) is 7.11 Å². The average Bonchev–Trinajstić information content (AvgIpc) is 3.14. The normalized spacial score (nSPS) is 12.0. The number of carbonyl (C=O) groups is 2. The van der Waals surface area contributed by atoms with Gasteiger partial charge in [0.05, 0.1) is 32.3 Å². The lowest BCUT2D eigenvalue weighted by atomic mass is 10.1. The summed E-state index contributed by atoms with van der Waals surface area (Å²) in [4.78, 5) is 25.0. The lowest BCUT2D eigenvalue weighted by Gasteiger charge is -2.16. The van der Waals surface area contributed by atoms with Gasteiger partial charge in [0.15, 0.2) is 0 Å². The molecule has 25 heavy (non-hydrogen) atoms. The maximum absolute atomic E-state index is 12.5. The van der Waals surface area contributed by atoms with Crippen LogP contribution in [0.15, 0.2) is 41.8 Å². The molecule has 0 fully saturated rings. The molecule has 2 aromatic rings. The number of hydrogen-bond donors (Lipinski definition) is 1. The summed E-state index contributed by atoms with van der Waals surface area (Å²) < 4.78 is 10.3. The third-order valence-corrected chi connectivity index (χ3v) is 4.58. The van der Waals surface area contributed by atoms with E-state index < -0.39 is 6.04 Å². The third-order valence-electron chi connectivity index (χ3n) is 3.59. The minimum Gasteiger partial charge on any atom is -0.469 e. The molecule has 0 aliphatic rings. The highest BCUT2D eigenvalue weighted by molar-refractivity contribution is 7.10. The second-order valence-electron chi connectivity index (χ2n) is 5.88. The van der Waals surface area contributed by atoms with Gasteiger partial charge in [0.2, 0.25) is 0 Å². The number of rotatable bonds is 8. The first-order valence-electron chi connectivity index (χ1n) is 8.11. The molecule has 0 unspecified atom stereocenters. The number of nitrogens with one attached hydrogen (secondary N) is 1. The van der Waals surface area contributed by atoms with Crippen molar-refractivity contribution in [3.05, 3.63) is 57.8 Å². The number of esters is 1. The Hall–Kier alpha value is -2.18. The summed E-state index contributed by atoms with van der Waals surface area (Å²) in [6, 6.07) is 10.7. The van der Waals surface area contributed by atoms with Crippen LogP contribution in [0.3, 0.4) is 0 Å². The molecule has 0 aliphatic heterocycles. The van der Waals surface area contributed by atoms with E-state index >= 15 is 0 Å². The second kappa shape index (κ2) is 9.34. The molecule has 0 spiro atoms. The first-order chi connectivity index (χ1) is 12.0. The fourth-order valence-electron chi connectivity index (χ4n) is 2.22. The molecular weight excluding hydrogens is 338 g/mol. The van der Waals surface area contributed by atoms with Gasteiger partial charge in [-0.15, -0.1) is 11.3 Å². The SMILES string of the molecule is COC(=O)C[C@H](NC(=O)c1ccc(COC(C)C)cc1)c1cccs1. The lowest BCUT2D eigenvalue weighted by molar-refractivity contribution is -0.141. The number of methoxy groups -OCH3 is 1. The van der Waals surface area contributed by atoms with Gasteiger partial charge in [-0.2, -0.15) is 0 Å². The van der Waals surface area contributed by atoms with E-state index in [9.17, 15) is 9.59 Å². The van der Waals surface area contributed by atoms with Gasteiger partial charge < -0.3 is 14.8 Å². The van der Waals surface area contributed by atoms with Crippen molar-refractivity contribution < 1.29 is 19.1 Å². The molecule has 2 rings (SSSR count). The van der Waals surface area contributed by atoms with Crippen LogP contribution in [0.4, 0.5) is 0 Å². The number of carbonyl (C=O) groups excluding carboxylic acids is 2. The van der Waals surface area contributed by atoms with Crippen LogP contribution in [0.2, 0.25) is 0 Å². The second-order valence-corrected chi connectivity index (χ2v) is 6.86. The van der Waals surface area contributed by atoms with Crippen LogP contribution in [0.1, 0.15) is 47.1 Å². The molecule has 1 amide bonds. The molecule has 0 bridgehead atoms. The van der Waals surface area contributed by atoms with Gasteiger partial charge in [0.1, 0.15) is 0 Å². The monoisotopic (exact) mass is 361 g/mol. The molecule has 0 saturated heterocycles. The van der Waals surface area contributed by atoms with Crippen LogP contribution in [0.5, 0.6) is 0 Å². The van der Waals surface area contributed by atoms with Crippen LogP contribution in [-0.4, -0.2) is 25.1 Å². The third kappa shape index (κ3) is 5.99. The van der Waals surface area contributed by atoms with Gasteiger partial charge in [-0.05, 0) is 43.0 Å².